The average molecular weight is 322 g/mol. The molecule has 0 bridgehead atoms. The minimum atomic E-state index is -0.374. The summed E-state index contributed by atoms with van der Waals surface area (Å²) in [5.74, 6) is -0.741. The first kappa shape index (κ1) is 14.3. The molecule has 1 unspecified atom stereocenters. The lowest BCUT2D eigenvalue weighted by atomic mass is 10.1. The Hall–Kier alpha value is -1.60. The molecule has 0 N–H and O–H groups in total. The van der Waals surface area contributed by atoms with Gasteiger partial charge in [-0.25, -0.2) is 4.98 Å². The standard InChI is InChI=1S/C14H14N2O3S2/c1-19-13(18)8-5-12(17)16(7-8)9-3-4-10-11(6-9)21-14(15-10)20-2/h3-4,6,8H,5,7H2,1-2H3. The highest BCUT2D eigenvalue weighted by molar-refractivity contribution is 8.00. The number of amides is 1. The molecule has 21 heavy (non-hydrogen) atoms. The number of hydrogen-bond donors (Lipinski definition) is 0. The van der Waals surface area contributed by atoms with Crippen LogP contribution in [0.4, 0.5) is 5.69 Å². The summed E-state index contributed by atoms with van der Waals surface area (Å²) in [7, 11) is 1.35. The first-order valence-electron chi connectivity index (χ1n) is 6.45. The van der Waals surface area contributed by atoms with Gasteiger partial charge in [0.2, 0.25) is 5.91 Å². The van der Waals surface area contributed by atoms with Crippen LogP contribution in [-0.4, -0.2) is 36.8 Å². The van der Waals surface area contributed by atoms with Crippen molar-refractivity contribution in [2.45, 2.75) is 10.8 Å². The van der Waals surface area contributed by atoms with Gasteiger partial charge in [0.15, 0.2) is 4.34 Å². The second kappa shape index (κ2) is 5.65. The van der Waals surface area contributed by atoms with Gasteiger partial charge in [0.05, 0.1) is 23.2 Å². The second-order valence-electron chi connectivity index (χ2n) is 4.76. The number of methoxy groups -OCH3 is 1. The molecule has 1 aromatic carbocycles. The lowest BCUT2D eigenvalue weighted by molar-refractivity contribution is -0.145. The fourth-order valence-corrected chi connectivity index (χ4v) is 3.95. The first-order chi connectivity index (χ1) is 10.1. The van der Waals surface area contributed by atoms with E-state index in [9.17, 15) is 9.59 Å². The van der Waals surface area contributed by atoms with Gasteiger partial charge in [-0.15, -0.1) is 11.3 Å². The Bertz CT molecular complexity index is 713. The van der Waals surface area contributed by atoms with Crippen molar-refractivity contribution in [1.82, 2.24) is 4.98 Å². The number of aromatic nitrogens is 1. The number of benzene rings is 1. The molecule has 0 spiro atoms. The van der Waals surface area contributed by atoms with Crippen LogP contribution in [0.15, 0.2) is 22.5 Å². The highest BCUT2D eigenvalue weighted by Gasteiger charge is 2.35. The number of carbonyl (C=O) groups excluding carboxylic acids is 2. The third kappa shape index (κ3) is 2.63. The van der Waals surface area contributed by atoms with Crippen molar-refractivity contribution in [3.63, 3.8) is 0 Å². The summed E-state index contributed by atoms with van der Waals surface area (Å²) >= 11 is 3.21. The molecule has 1 fully saturated rings. The van der Waals surface area contributed by atoms with Crippen molar-refractivity contribution in [3.8, 4) is 0 Å². The summed E-state index contributed by atoms with van der Waals surface area (Å²) in [5, 5.41) is 0. The minimum Gasteiger partial charge on any atom is -0.469 e. The molecule has 1 amide bonds. The Morgan fingerprint density at radius 3 is 3.05 bits per heavy atom. The van der Waals surface area contributed by atoms with E-state index in [1.54, 1.807) is 28.0 Å². The predicted molar refractivity (Wildman–Crippen MR) is 83.9 cm³/mol. The van der Waals surface area contributed by atoms with Crippen LogP contribution in [0.5, 0.6) is 0 Å². The number of hydrogen-bond acceptors (Lipinski definition) is 6. The van der Waals surface area contributed by atoms with Crippen LogP contribution in [0.3, 0.4) is 0 Å². The molecule has 0 radical (unpaired) electrons. The maximum absolute atomic E-state index is 12.1. The fraction of sp³-hybridized carbons (Fsp3) is 0.357. The van der Waals surface area contributed by atoms with Crippen LogP contribution < -0.4 is 4.90 Å². The van der Waals surface area contributed by atoms with Crippen molar-refractivity contribution in [2.24, 2.45) is 5.92 Å². The van der Waals surface area contributed by atoms with Gasteiger partial charge in [0, 0.05) is 18.7 Å². The fourth-order valence-electron chi connectivity index (χ4n) is 2.43. The maximum Gasteiger partial charge on any atom is 0.311 e. The smallest absolute Gasteiger partial charge is 0.311 e. The largest absolute Gasteiger partial charge is 0.469 e. The molecule has 2 heterocycles. The van der Waals surface area contributed by atoms with Crippen molar-refractivity contribution in [3.05, 3.63) is 18.2 Å². The highest BCUT2D eigenvalue weighted by atomic mass is 32.2. The van der Waals surface area contributed by atoms with Crippen molar-refractivity contribution < 1.29 is 14.3 Å². The average Bonchev–Trinajstić information content (AvgIpc) is 3.08. The molecule has 2 aromatic rings. The zero-order valence-corrected chi connectivity index (χ0v) is 13.3. The summed E-state index contributed by atoms with van der Waals surface area (Å²) in [5.41, 5.74) is 1.75. The summed E-state index contributed by atoms with van der Waals surface area (Å²) in [6, 6.07) is 5.76. The normalized spacial score (nSPS) is 18.5. The lowest BCUT2D eigenvalue weighted by Gasteiger charge is -2.16. The van der Waals surface area contributed by atoms with E-state index in [1.807, 2.05) is 24.5 Å². The number of anilines is 1. The molecular formula is C14H14N2O3S2. The van der Waals surface area contributed by atoms with Crippen molar-refractivity contribution in [1.29, 1.82) is 0 Å². The number of thiazole rings is 1. The quantitative estimate of drug-likeness (QED) is 0.642. The Labute approximate surface area is 130 Å². The summed E-state index contributed by atoms with van der Waals surface area (Å²) < 4.78 is 6.78. The molecule has 1 atom stereocenters. The molecule has 7 heteroatoms. The second-order valence-corrected chi connectivity index (χ2v) is 6.85. The molecule has 110 valence electrons. The van der Waals surface area contributed by atoms with Crippen molar-refractivity contribution in [2.75, 3.05) is 24.8 Å². The lowest BCUT2D eigenvalue weighted by Crippen LogP contribution is -2.26. The van der Waals surface area contributed by atoms with Gasteiger partial charge in [0.1, 0.15) is 0 Å². The SMILES string of the molecule is COC(=O)C1CC(=O)N(c2ccc3nc(SC)sc3c2)C1. The molecule has 5 nitrogen and oxygen atoms in total. The van der Waals surface area contributed by atoms with E-state index in [2.05, 4.69) is 4.98 Å². The third-order valence-corrected chi connectivity index (χ3v) is 5.50. The van der Waals surface area contributed by atoms with Crippen LogP contribution in [-0.2, 0) is 14.3 Å². The van der Waals surface area contributed by atoms with Gasteiger partial charge >= 0.3 is 5.97 Å². The van der Waals surface area contributed by atoms with Gasteiger partial charge < -0.3 is 9.64 Å². The van der Waals surface area contributed by atoms with Gasteiger partial charge in [-0.05, 0) is 24.5 Å². The number of rotatable bonds is 3. The van der Waals surface area contributed by atoms with Crippen LogP contribution >= 0.6 is 23.1 Å². The number of carbonyl (C=O) groups is 2. The first-order valence-corrected chi connectivity index (χ1v) is 8.49. The Morgan fingerprint density at radius 2 is 2.33 bits per heavy atom. The topological polar surface area (TPSA) is 59.5 Å². The van der Waals surface area contributed by atoms with Crippen molar-refractivity contribution >= 4 is 50.9 Å². The van der Waals surface area contributed by atoms with E-state index < -0.39 is 0 Å². The molecule has 1 aromatic heterocycles. The molecular weight excluding hydrogens is 308 g/mol. The van der Waals surface area contributed by atoms with Gasteiger partial charge in [-0.3, -0.25) is 9.59 Å². The van der Waals surface area contributed by atoms with Crippen LogP contribution in [0.1, 0.15) is 6.42 Å². The Morgan fingerprint density at radius 1 is 1.52 bits per heavy atom. The molecule has 1 aliphatic rings. The maximum atomic E-state index is 12.1. The molecule has 0 saturated carbocycles. The summed E-state index contributed by atoms with van der Waals surface area (Å²) in [6.45, 7) is 0.380. The minimum absolute atomic E-state index is 0.0423. The Balaban J connectivity index is 1.89. The number of ether oxygens (including phenoxy) is 1. The number of fused-ring (bicyclic) bond motifs is 1. The molecule has 3 rings (SSSR count). The predicted octanol–water partition coefficient (Wildman–Crippen LogP) is 2.54. The van der Waals surface area contributed by atoms with Gasteiger partial charge in [-0.1, -0.05) is 11.8 Å². The van der Waals surface area contributed by atoms with Crippen LogP contribution in [0.25, 0.3) is 10.2 Å². The summed E-state index contributed by atoms with van der Waals surface area (Å²) in [4.78, 5) is 29.8. The van der Waals surface area contributed by atoms with E-state index >= 15 is 0 Å². The number of esters is 1. The van der Waals surface area contributed by atoms with Gasteiger partial charge in [0.25, 0.3) is 0 Å². The third-order valence-electron chi connectivity index (χ3n) is 3.50. The molecule has 1 saturated heterocycles. The van der Waals surface area contributed by atoms with E-state index in [-0.39, 0.29) is 24.2 Å². The van der Waals surface area contributed by atoms with Gasteiger partial charge in [-0.2, -0.15) is 0 Å². The molecule has 0 aliphatic carbocycles. The highest BCUT2D eigenvalue weighted by Crippen LogP contribution is 2.33. The zero-order valence-electron chi connectivity index (χ0n) is 11.7. The van der Waals surface area contributed by atoms with E-state index in [4.69, 9.17) is 4.74 Å². The van der Waals surface area contributed by atoms with E-state index in [0.29, 0.717) is 6.54 Å². The molecule has 1 aliphatic heterocycles. The monoisotopic (exact) mass is 322 g/mol. The van der Waals surface area contributed by atoms with E-state index in [0.717, 1.165) is 20.2 Å². The van der Waals surface area contributed by atoms with Crippen LogP contribution in [0.2, 0.25) is 0 Å². The number of thioether (sulfide) groups is 1. The van der Waals surface area contributed by atoms with E-state index in [1.165, 1.54) is 7.11 Å². The van der Waals surface area contributed by atoms with Crippen LogP contribution in [0, 0.1) is 5.92 Å². The number of nitrogens with zero attached hydrogens (tertiary/aromatic N) is 2. The summed E-state index contributed by atoms with van der Waals surface area (Å²) in [6.07, 6.45) is 2.20. The Kier molecular flexibility index (Phi) is 3.86. The zero-order chi connectivity index (χ0) is 15.0.